The van der Waals surface area contributed by atoms with Crippen molar-refractivity contribution in [1.29, 1.82) is 5.26 Å². The lowest BCUT2D eigenvalue weighted by molar-refractivity contribution is 0.318. The summed E-state index contributed by atoms with van der Waals surface area (Å²) in [6, 6.07) is 13.4. The van der Waals surface area contributed by atoms with Gasteiger partial charge in [-0.2, -0.15) is 5.26 Å². The van der Waals surface area contributed by atoms with Gasteiger partial charge >= 0.3 is 0 Å². The second kappa shape index (κ2) is 7.45. The molecule has 1 aromatic carbocycles. The molecule has 4 heteroatoms. The van der Waals surface area contributed by atoms with Crippen molar-refractivity contribution in [2.24, 2.45) is 0 Å². The lowest BCUT2D eigenvalue weighted by atomic mass is 10.2. The van der Waals surface area contributed by atoms with E-state index in [1.165, 1.54) is 4.90 Å². The molecule has 0 saturated heterocycles. The van der Waals surface area contributed by atoms with Crippen molar-refractivity contribution in [2.75, 3.05) is 12.4 Å². The highest BCUT2D eigenvalue weighted by atomic mass is 32.2. The molecule has 0 amide bonds. The standard InChI is InChI=1S/C15H14N2OS/c16-12-13-4-1-2-5-15(13)18-10-3-11-19-14-6-8-17-9-7-14/h1-2,4-9H,3,10-11H2. The van der Waals surface area contributed by atoms with Gasteiger partial charge in [0.2, 0.25) is 0 Å². The highest BCUT2D eigenvalue weighted by Crippen LogP contribution is 2.19. The van der Waals surface area contributed by atoms with Gasteiger partial charge < -0.3 is 4.74 Å². The zero-order valence-corrected chi connectivity index (χ0v) is 11.3. The largest absolute Gasteiger partial charge is 0.492 e. The molecule has 0 bridgehead atoms. The third kappa shape index (κ3) is 4.31. The summed E-state index contributed by atoms with van der Waals surface area (Å²) in [4.78, 5) is 5.20. The summed E-state index contributed by atoms with van der Waals surface area (Å²) in [6.07, 6.45) is 4.52. The Balaban J connectivity index is 1.71. The molecule has 1 heterocycles. The molecule has 0 saturated carbocycles. The van der Waals surface area contributed by atoms with E-state index in [0.29, 0.717) is 17.9 Å². The van der Waals surface area contributed by atoms with Crippen LogP contribution in [0.3, 0.4) is 0 Å². The van der Waals surface area contributed by atoms with Crippen molar-refractivity contribution in [1.82, 2.24) is 4.98 Å². The van der Waals surface area contributed by atoms with Crippen LogP contribution < -0.4 is 4.74 Å². The second-order valence-corrected chi connectivity index (χ2v) is 5.01. The van der Waals surface area contributed by atoms with E-state index in [4.69, 9.17) is 10.00 Å². The number of para-hydroxylation sites is 1. The highest BCUT2D eigenvalue weighted by molar-refractivity contribution is 7.99. The minimum atomic E-state index is 0.587. The number of nitriles is 1. The fourth-order valence-corrected chi connectivity index (χ4v) is 2.36. The fraction of sp³-hybridized carbons (Fsp3) is 0.200. The molecular formula is C15H14N2OS. The predicted octanol–water partition coefficient (Wildman–Crippen LogP) is 3.51. The SMILES string of the molecule is N#Cc1ccccc1OCCCSc1ccncc1. The molecular weight excluding hydrogens is 256 g/mol. The fourth-order valence-electron chi connectivity index (χ4n) is 1.55. The number of benzene rings is 1. The Hall–Kier alpha value is -1.99. The summed E-state index contributed by atoms with van der Waals surface area (Å²) in [5.41, 5.74) is 0.587. The van der Waals surface area contributed by atoms with Crippen molar-refractivity contribution in [3.05, 3.63) is 54.4 Å². The molecule has 0 unspecified atom stereocenters. The van der Waals surface area contributed by atoms with Crippen LogP contribution in [0.4, 0.5) is 0 Å². The van der Waals surface area contributed by atoms with E-state index in [-0.39, 0.29) is 0 Å². The van der Waals surface area contributed by atoms with Gasteiger partial charge in [0.1, 0.15) is 11.8 Å². The zero-order valence-electron chi connectivity index (χ0n) is 10.5. The van der Waals surface area contributed by atoms with Gasteiger partial charge in [-0.25, -0.2) is 0 Å². The number of rotatable bonds is 6. The number of aromatic nitrogens is 1. The van der Waals surface area contributed by atoms with Gasteiger partial charge in [-0.15, -0.1) is 11.8 Å². The van der Waals surface area contributed by atoms with Crippen LogP contribution in [0, 0.1) is 11.3 Å². The molecule has 0 N–H and O–H groups in total. The Labute approximate surface area is 117 Å². The first-order valence-corrected chi connectivity index (χ1v) is 7.03. The molecule has 19 heavy (non-hydrogen) atoms. The maximum Gasteiger partial charge on any atom is 0.137 e. The van der Waals surface area contributed by atoms with Gasteiger partial charge in [0.05, 0.1) is 12.2 Å². The van der Waals surface area contributed by atoms with Crippen LogP contribution >= 0.6 is 11.8 Å². The number of pyridine rings is 1. The van der Waals surface area contributed by atoms with Crippen LogP contribution in [-0.4, -0.2) is 17.3 Å². The van der Waals surface area contributed by atoms with Gasteiger partial charge in [-0.3, -0.25) is 4.98 Å². The number of hydrogen-bond donors (Lipinski definition) is 0. The topological polar surface area (TPSA) is 45.9 Å². The number of thioether (sulfide) groups is 1. The molecule has 0 spiro atoms. The molecule has 96 valence electrons. The number of ether oxygens (including phenoxy) is 1. The van der Waals surface area contributed by atoms with Gasteiger partial charge in [0.15, 0.2) is 0 Å². The van der Waals surface area contributed by atoms with E-state index < -0.39 is 0 Å². The van der Waals surface area contributed by atoms with Crippen LogP contribution in [0.2, 0.25) is 0 Å². The number of nitrogens with zero attached hydrogens (tertiary/aromatic N) is 2. The maximum atomic E-state index is 8.93. The molecule has 1 aromatic heterocycles. The summed E-state index contributed by atoms with van der Waals surface area (Å²) < 4.78 is 5.62. The van der Waals surface area contributed by atoms with Crippen LogP contribution in [0.15, 0.2) is 53.7 Å². The Morgan fingerprint density at radius 1 is 1.16 bits per heavy atom. The van der Waals surface area contributed by atoms with Crippen molar-refractivity contribution in [2.45, 2.75) is 11.3 Å². The van der Waals surface area contributed by atoms with Gasteiger partial charge in [-0.1, -0.05) is 12.1 Å². The monoisotopic (exact) mass is 270 g/mol. The molecule has 2 rings (SSSR count). The smallest absolute Gasteiger partial charge is 0.137 e. The minimum Gasteiger partial charge on any atom is -0.492 e. The lowest BCUT2D eigenvalue weighted by Crippen LogP contribution is -2.00. The summed E-state index contributed by atoms with van der Waals surface area (Å²) >= 11 is 1.78. The van der Waals surface area contributed by atoms with E-state index in [2.05, 4.69) is 11.1 Å². The summed E-state index contributed by atoms with van der Waals surface area (Å²) in [6.45, 7) is 0.622. The zero-order chi connectivity index (χ0) is 13.3. The maximum absolute atomic E-state index is 8.93. The summed E-state index contributed by atoms with van der Waals surface area (Å²) in [5, 5.41) is 8.93. The molecule has 0 atom stereocenters. The molecule has 0 aliphatic heterocycles. The lowest BCUT2D eigenvalue weighted by Gasteiger charge is -2.07. The van der Waals surface area contributed by atoms with E-state index >= 15 is 0 Å². The quantitative estimate of drug-likeness (QED) is 0.595. The average Bonchev–Trinajstić information content (AvgIpc) is 2.48. The normalized spacial score (nSPS) is 9.84. The first kappa shape index (κ1) is 13.4. The molecule has 0 fully saturated rings. The van der Waals surface area contributed by atoms with Crippen molar-refractivity contribution >= 4 is 11.8 Å². The first-order chi connectivity index (χ1) is 9.40. The van der Waals surface area contributed by atoms with E-state index in [0.717, 1.165) is 12.2 Å². The predicted molar refractivity (Wildman–Crippen MR) is 76.2 cm³/mol. The molecule has 0 aliphatic rings. The summed E-state index contributed by atoms with van der Waals surface area (Å²) in [5.74, 6) is 1.65. The van der Waals surface area contributed by atoms with Crippen LogP contribution in [0.1, 0.15) is 12.0 Å². The average molecular weight is 270 g/mol. The third-order valence-corrected chi connectivity index (χ3v) is 3.57. The minimum absolute atomic E-state index is 0.587. The Bertz CT molecular complexity index is 552. The highest BCUT2D eigenvalue weighted by Gasteiger charge is 2.01. The molecule has 3 nitrogen and oxygen atoms in total. The number of hydrogen-bond acceptors (Lipinski definition) is 4. The van der Waals surface area contributed by atoms with E-state index in [9.17, 15) is 0 Å². The molecule has 0 aliphatic carbocycles. The van der Waals surface area contributed by atoms with E-state index in [1.54, 1.807) is 30.2 Å². The van der Waals surface area contributed by atoms with Gasteiger partial charge in [0.25, 0.3) is 0 Å². The van der Waals surface area contributed by atoms with Crippen molar-refractivity contribution < 1.29 is 4.74 Å². The molecule has 0 radical (unpaired) electrons. The Morgan fingerprint density at radius 2 is 1.95 bits per heavy atom. The van der Waals surface area contributed by atoms with Crippen molar-refractivity contribution in [3.8, 4) is 11.8 Å². The van der Waals surface area contributed by atoms with E-state index in [1.807, 2.05) is 30.3 Å². The van der Waals surface area contributed by atoms with Crippen molar-refractivity contribution in [3.63, 3.8) is 0 Å². The van der Waals surface area contributed by atoms with Gasteiger partial charge in [-0.05, 0) is 30.7 Å². The summed E-state index contributed by atoms with van der Waals surface area (Å²) in [7, 11) is 0. The van der Waals surface area contributed by atoms with Crippen LogP contribution in [0.25, 0.3) is 0 Å². The molecule has 2 aromatic rings. The van der Waals surface area contributed by atoms with Gasteiger partial charge in [0, 0.05) is 23.0 Å². The van der Waals surface area contributed by atoms with Crippen LogP contribution in [0.5, 0.6) is 5.75 Å². The Morgan fingerprint density at radius 3 is 2.74 bits per heavy atom. The Kier molecular flexibility index (Phi) is 5.27. The second-order valence-electron chi connectivity index (χ2n) is 3.84. The first-order valence-electron chi connectivity index (χ1n) is 6.05. The third-order valence-electron chi connectivity index (χ3n) is 2.47. The van der Waals surface area contributed by atoms with Crippen LogP contribution in [-0.2, 0) is 0 Å².